The fourth-order valence-electron chi connectivity index (χ4n) is 6.10. The van der Waals surface area contributed by atoms with Gasteiger partial charge in [0.15, 0.2) is 0 Å². The summed E-state index contributed by atoms with van der Waals surface area (Å²) in [5.74, 6) is 0.813. The molecule has 3 N–H and O–H groups in total. The van der Waals surface area contributed by atoms with Gasteiger partial charge in [-0.05, 0) is 69.4 Å². The molecule has 1 aromatic carbocycles. The summed E-state index contributed by atoms with van der Waals surface area (Å²) in [5, 5.41) is 20.0. The molecule has 1 aromatic rings. The monoisotopic (exact) mass is 468 g/mol. The third-order valence-corrected chi connectivity index (χ3v) is 7.75. The van der Waals surface area contributed by atoms with Crippen molar-refractivity contribution >= 4 is 17.7 Å². The molecule has 8 nitrogen and oxygen atoms in total. The van der Waals surface area contributed by atoms with Gasteiger partial charge in [0.25, 0.3) is 0 Å². The Balaban J connectivity index is 1.60. The number of nitrogens with two attached hydrogens (primary N) is 1. The zero-order valence-electron chi connectivity index (χ0n) is 20.3. The highest BCUT2D eigenvalue weighted by Crippen LogP contribution is 2.44. The summed E-state index contributed by atoms with van der Waals surface area (Å²) in [6, 6.07) is 6.10. The molecule has 34 heavy (non-hydrogen) atoms. The first-order chi connectivity index (χ1) is 16.2. The lowest BCUT2D eigenvalue weighted by molar-refractivity contribution is -0.139. The molecule has 2 amide bonds. The number of nitriles is 1. The molecule has 1 atom stereocenters. The van der Waals surface area contributed by atoms with Gasteiger partial charge in [0.1, 0.15) is 11.8 Å². The van der Waals surface area contributed by atoms with Crippen LogP contribution in [0.4, 0.5) is 10.5 Å². The van der Waals surface area contributed by atoms with E-state index in [1.807, 2.05) is 19.9 Å². The van der Waals surface area contributed by atoms with Crippen LogP contribution >= 0.6 is 0 Å². The van der Waals surface area contributed by atoms with Crippen LogP contribution in [0.1, 0.15) is 69.9 Å². The van der Waals surface area contributed by atoms with Crippen molar-refractivity contribution < 1.29 is 19.4 Å². The number of carbonyl (C=O) groups is 2. The predicted octanol–water partition coefficient (Wildman–Crippen LogP) is 3.34. The number of likely N-dealkylation sites (tertiary alicyclic amines) is 1. The molecule has 3 aliphatic rings. The van der Waals surface area contributed by atoms with Crippen molar-refractivity contribution in [1.29, 1.82) is 5.26 Å². The lowest BCUT2D eigenvalue weighted by Crippen LogP contribution is -2.50. The van der Waals surface area contributed by atoms with E-state index in [2.05, 4.69) is 15.9 Å². The van der Waals surface area contributed by atoms with Gasteiger partial charge in [-0.3, -0.25) is 4.79 Å². The maximum Gasteiger partial charge on any atom is 0.409 e. The van der Waals surface area contributed by atoms with Crippen LogP contribution in [0.15, 0.2) is 12.1 Å². The number of rotatable bonds is 5. The fraction of sp³-hybridized carbons (Fsp3) is 0.654. The van der Waals surface area contributed by atoms with Crippen molar-refractivity contribution in [1.82, 2.24) is 4.90 Å². The molecule has 3 fully saturated rings. The number of carbonyl (C=O) groups excluding carboxylic acids is 2. The van der Waals surface area contributed by atoms with E-state index in [9.17, 15) is 20.0 Å². The fourth-order valence-corrected chi connectivity index (χ4v) is 6.10. The third-order valence-electron chi connectivity index (χ3n) is 7.75. The minimum Gasteiger partial charge on any atom is -0.410 e. The second kappa shape index (κ2) is 9.83. The predicted molar refractivity (Wildman–Crippen MR) is 128 cm³/mol. The maximum atomic E-state index is 13.7. The highest BCUT2D eigenvalue weighted by atomic mass is 16.5. The molecule has 8 heteroatoms. The van der Waals surface area contributed by atoms with Crippen LogP contribution in [0, 0.1) is 22.7 Å². The molecule has 0 unspecified atom stereocenters. The average molecular weight is 469 g/mol. The Morgan fingerprint density at radius 2 is 2.00 bits per heavy atom. The lowest BCUT2D eigenvalue weighted by Gasteiger charge is -2.42. The molecule has 2 heterocycles. The molecular formula is C26H36N4O4. The number of aliphatic hydroxyl groups is 1. The maximum absolute atomic E-state index is 13.7. The molecule has 0 radical (unpaired) electrons. The largest absolute Gasteiger partial charge is 0.410 e. The normalized spacial score (nSPS) is 27.3. The number of piperidine rings is 1. The Bertz CT molecular complexity index is 980. The zero-order valence-corrected chi connectivity index (χ0v) is 20.3. The van der Waals surface area contributed by atoms with E-state index in [0.717, 1.165) is 63.7 Å². The molecule has 0 aromatic heterocycles. The van der Waals surface area contributed by atoms with E-state index in [1.165, 1.54) is 0 Å². The van der Waals surface area contributed by atoms with Crippen molar-refractivity contribution in [2.45, 2.75) is 77.4 Å². The average Bonchev–Trinajstić information content (AvgIpc) is 3.10. The number of nitrogens with zero attached hydrogens (tertiary/aromatic N) is 3. The highest BCUT2D eigenvalue weighted by molar-refractivity contribution is 5.86. The standard InChI is InChI=1S/C26H36N4O4/c1-17(2)14-20-21(15-27)22(8-9-23(20)34-25(28)33)29-12-3-10-26(16-29)11-13-30(24(26)32)18-4-6-19(31)7-5-18/h8-9,17-19,31H,3-7,10-14,16H2,1-2H3,(H2,28,33)/t18?,19?,26-/m1/s1. The van der Waals surface area contributed by atoms with Crippen molar-refractivity contribution in [3.8, 4) is 11.8 Å². The number of primary amides is 1. The van der Waals surface area contributed by atoms with E-state index in [-0.39, 0.29) is 24.0 Å². The first-order valence-electron chi connectivity index (χ1n) is 12.5. The van der Waals surface area contributed by atoms with Gasteiger partial charge in [0, 0.05) is 31.2 Å². The SMILES string of the molecule is CC(C)Cc1c(OC(N)=O)ccc(N2CCC[C@@]3(CCN(C4CCC(O)CC4)C3=O)C2)c1C#N. The Morgan fingerprint density at radius 3 is 2.65 bits per heavy atom. The quantitative estimate of drug-likeness (QED) is 0.684. The Kier molecular flexibility index (Phi) is 7.04. The van der Waals surface area contributed by atoms with Crippen molar-refractivity contribution in [3.05, 3.63) is 23.3 Å². The number of aliphatic hydroxyl groups excluding tert-OH is 1. The van der Waals surface area contributed by atoms with Crippen LogP contribution in [0.2, 0.25) is 0 Å². The van der Waals surface area contributed by atoms with Crippen LogP contribution in [-0.4, -0.2) is 53.8 Å². The van der Waals surface area contributed by atoms with Crippen LogP contribution in [-0.2, 0) is 11.2 Å². The van der Waals surface area contributed by atoms with Crippen molar-refractivity contribution in [2.75, 3.05) is 24.5 Å². The van der Waals surface area contributed by atoms with Crippen LogP contribution in [0.3, 0.4) is 0 Å². The van der Waals surface area contributed by atoms with Gasteiger partial charge < -0.3 is 25.4 Å². The number of hydrogen-bond acceptors (Lipinski definition) is 6. The van der Waals surface area contributed by atoms with Crippen LogP contribution < -0.4 is 15.4 Å². The van der Waals surface area contributed by atoms with Gasteiger partial charge in [-0.25, -0.2) is 4.79 Å². The summed E-state index contributed by atoms with van der Waals surface area (Å²) in [5.41, 5.74) is 6.81. The van der Waals surface area contributed by atoms with Crippen LogP contribution in [0.5, 0.6) is 5.75 Å². The van der Waals surface area contributed by atoms with E-state index in [4.69, 9.17) is 10.5 Å². The number of benzene rings is 1. The highest BCUT2D eigenvalue weighted by Gasteiger charge is 2.50. The van der Waals surface area contributed by atoms with Gasteiger partial charge in [-0.2, -0.15) is 5.26 Å². The third kappa shape index (κ3) is 4.72. The van der Waals surface area contributed by atoms with Crippen molar-refractivity contribution in [2.24, 2.45) is 17.1 Å². The van der Waals surface area contributed by atoms with Gasteiger partial charge in [0.2, 0.25) is 5.91 Å². The minimum atomic E-state index is -0.898. The molecule has 184 valence electrons. The number of hydrogen-bond donors (Lipinski definition) is 2. The first kappa shape index (κ1) is 24.3. The van der Waals surface area contributed by atoms with E-state index in [1.54, 1.807) is 6.07 Å². The van der Waals surface area contributed by atoms with Crippen LogP contribution in [0.25, 0.3) is 0 Å². The Labute approximate surface area is 201 Å². The second-order valence-electron chi connectivity index (χ2n) is 10.6. The van der Waals surface area contributed by atoms with Gasteiger partial charge in [-0.1, -0.05) is 13.8 Å². The summed E-state index contributed by atoms with van der Waals surface area (Å²) in [6.45, 7) is 6.23. The minimum absolute atomic E-state index is 0.225. The number of anilines is 1. The van der Waals surface area contributed by atoms with E-state index < -0.39 is 11.5 Å². The molecule has 1 spiro atoms. The second-order valence-corrected chi connectivity index (χ2v) is 10.6. The summed E-state index contributed by atoms with van der Waals surface area (Å²) in [7, 11) is 0. The van der Waals surface area contributed by atoms with Gasteiger partial charge in [0.05, 0.1) is 22.8 Å². The van der Waals surface area contributed by atoms with E-state index in [0.29, 0.717) is 29.8 Å². The number of ether oxygens (including phenoxy) is 1. The summed E-state index contributed by atoms with van der Waals surface area (Å²) >= 11 is 0. The lowest BCUT2D eigenvalue weighted by atomic mass is 9.78. The van der Waals surface area contributed by atoms with E-state index >= 15 is 0 Å². The topological polar surface area (TPSA) is 120 Å². The number of amides is 2. The molecule has 2 saturated heterocycles. The van der Waals surface area contributed by atoms with Gasteiger partial charge in [-0.15, -0.1) is 0 Å². The van der Waals surface area contributed by atoms with Crippen molar-refractivity contribution in [3.63, 3.8) is 0 Å². The molecule has 4 rings (SSSR count). The molecular weight excluding hydrogens is 432 g/mol. The molecule has 1 saturated carbocycles. The smallest absolute Gasteiger partial charge is 0.409 e. The Hall–Kier alpha value is -2.79. The summed E-state index contributed by atoms with van der Waals surface area (Å²) in [4.78, 5) is 29.3. The first-order valence-corrected chi connectivity index (χ1v) is 12.5. The summed E-state index contributed by atoms with van der Waals surface area (Å²) < 4.78 is 5.22. The summed E-state index contributed by atoms with van der Waals surface area (Å²) in [6.07, 6.45) is 5.27. The zero-order chi connectivity index (χ0) is 24.5. The molecule has 2 aliphatic heterocycles. The van der Waals surface area contributed by atoms with Gasteiger partial charge >= 0.3 is 6.09 Å². The molecule has 1 aliphatic carbocycles. The molecule has 0 bridgehead atoms. The Morgan fingerprint density at radius 1 is 1.26 bits per heavy atom.